The van der Waals surface area contributed by atoms with E-state index in [-0.39, 0.29) is 6.29 Å². The van der Waals surface area contributed by atoms with E-state index in [0.717, 1.165) is 26.2 Å². The molecule has 2 fully saturated rings. The van der Waals surface area contributed by atoms with Crippen LogP contribution in [0.1, 0.15) is 24.1 Å². The minimum Gasteiger partial charge on any atom is -0.349 e. The van der Waals surface area contributed by atoms with E-state index in [0.29, 0.717) is 6.04 Å². The maximum atomic E-state index is 5.70. The van der Waals surface area contributed by atoms with Crippen molar-refractivity contribution in [3.8, 4) is 0 Å². The quantitative estimate of drug-likeness (QED) is 0.836. The highest BCUT2D eigenvalue weighted by Gasteiger charge is 2.33. The van der Waals surface area contributed by atoms with E-state index < -0.39 is 0 Å². The van der Waals surface area contributed by atoms with Crippen LogP contribution < -0.4 is 0 Å². The summed E-state index contributed by atoms with van der Waals surface area (Å²) in [6.45, 7) is 3.85. The summed E-state index contributed by atoms with van der Waals surface area (Å²) in [6, 6.07) is 4.84. The maximum Gasteiger partial charge on any atom is 0.173 e. The molecule has 0 bridgehead atoms. The minimum absolute atomic E-state index is 0.0219. The van der Waals surface area contributed by atoms with Crippen LogP contribution in [0.2, 0.25) is 0 Å². The van der Waals surface area contributed by atoms with E-state index in [9.17, 15) is 0 Å². The van der Waals surface area contributed by atoms with Crippen molar-refractivity contribution in [2.24, 2.45) is 0 Å². The van der Waals surface area contributed by atoms with Crippen LogP contribution in [0.3, 0.4) is 0 Å². The van der Waals surface area contributed by atoms with Gasteiger partial charge in [0.25, 0.3) is 0 Å². The van der Waals surface area contributed by atoms with E-state index in [4.69, 9.17) is 9.47 Å². The number of rotatable bonds is 4. The molecule has 1 unspecified atom stereocenters. The lowest BCUT2D eigenvalue weighted by molar-refractivity contribution is -0.108. The Hall–Kier alpha value is -0.420. The van der Waals surface area contributed by atoms with Crippen LogP contribution in [-0.4, -0.2) is 43.5 Å². The molecule has 100 valence electrons. The predicted molar refractivity (Wildman–Crippen MR) is 72.9 cm³/mol. The molecule has 2 aliphatic heterocycles. The Bertz CT molecular complexity index is 349. The average molecular weight is 267 g/mol. The summed E-state index contributed by atoms with van der Waals surface area (Å²) in [6.07, 6.45) is 5.01. The Morgan fingerprint density at radius 3 is 2.94 bits per heavy atom. The topological polar surface area (TPSA) is 21.7 Å². The van der Waals surface area contributed by atoms with Crippen LogP contribution in [0.4, 0.5) is 0 Å². The van der Waals surface area contributed by atoms with Gasteiger partial charge >= 0.3 is 0 Å². The molecule has 18 heavy (non-hydrogen) atoms. The fourth-order valence-electron chi connectivity index (χ4n) is 2.91. The first-order chi connectivity index (χ1) is 8.93. The van der Waals surface area contributed by atoms with Crippen molar-refractivity contribution in [3.05, 3.63) is 22.4 Å². The van der Waals surface area contributed by atoms with Gasteiger partial charge in [-0.05, 0) is 37.3 Å². The largest absolute Gasteiger partial charge is 0.349 e. The van der Waals surface area contributed by atoms with Gasteiger partial charge in [-0.15, -0.1) is 11.3 Å². The van der Waals surface area contributed by atoms with E-state index in [2.05, 4.69) is 22.4 Å². The van der Waals surface area contributed by atoms with Crippen LogP contribution in [0.15, 0.2) is 17.5 Å². The summed E-state index contributed by atoms with van der Waals surface area (Å²) >= 11 is 1.86. The van der Waals surface area contributed by atoms with E-state index >= 15 is 0 Å². The lowest BCUT2D eigenvalue weighted by atomic mass is 10.0. The second kappa shape index (κ2) is 6.15. The highest BCUT2D eigenvalue weighted by atomic mass is 32.1. The molecule has 0 aliphatic carbocycles. The highest BCUT2D eigenvalue weighted by Crippen LogP contribution is 2.24. The molecule has 1 aromatic rings. The molecule has 2 aliphatic rings. The van der Waals surface area contributed by atoms with Crippen molar-refractivity contribution in [1.82, 2.24) is 4.90 Å². The molecule has 0 radical (unpaired) electrons. The molecular formula is C14H21NO2S. The van der Waals surface area contributed by atoms with Crippen LogP contribution >= 0.6 is 11.3 Å². The minimum atomic E-state index is 0.0219. The van der Waals surface area contributed by atoms with Gasteiger partial charge in [0.2, 0.25) is 0 Å². The van der Waals surface area contributed by atoms with Crippen molar-refractivity contribution in [2.75, 3.05) is 26.3 Å². The predicted octanol–water partition coefficient (Wildman–Crippen LogP) is 2.52. The summed E-state index contributed by atoms with van der Waals surface area (Å²) in [5.41, 5.74) is 0. The van der Waals surface area contributed by atoms with Gasteiger partial charge in [-0.25, -0.2) is 0 Å². The summed E-state index contributed by atoms with van der Waals surface area (Å²) in [7, 11) is 0. The van der Waals surface area contributed by atoms with Gasteiger partial charge in [0.15, 0.2) is 6.29 Å². The standard InChI is InChI=1S/C14H21NO2S/c1-2-7-15(8-6-12-4-3-11-18-12)13(5-1)14-16-9-10-17-14/h3-4,11,13-14H,1-2,5-10H2. The molecule has 3 heterocycles. The molecular weight excluding hydrogens is 246 g/mol. The summed E-state index contributed by atoms with van der Waals surface area (Å²) in [5.74, 6) is 0. The van der Waals surface area contributed by atoms with Gasteiger partial charge in [0, 0.05) is 11.4 Å². The first-order valence-corrected chi connectivity index (χ1v) is 7.81. The molecule has 1 atom stereocenters. The molecule has 3 nitrogen and oxygen atoms in total. The second-order valence-electron chi connectivity index (χ2n) is 5.04. The zero-order chi connectivity index (χ0) is 12.2. The number of nitrogens with zero attached hydrogens (tertiary/aromatic N) is 1. The number of likely N-dealkylation sites (tertiary alicyclic amines) is 1. The SMILES string of the molecule is c1csc(CCN2CCCCC2C2OCCO2)c1. The molecule has 0 amide bonds. The average Bonchev–Trinajstić information content (AvgIpc) is 3.10. The molecule has 0 spiro atoms. The van der Waals surface area contributed by atoms with Crippen molar-refractivity contribution >= 4 is 11.3 Å². The monoisotopic (exact) mass is 267 g/mol. The molecule has 4 heteroatoms. The third kappa shape index (κ3) is 2.94. The number of ether oxygens (including phenoxy) is 2. The molecule has 0 N–H and O–H groups in total. The second-order valence-corrected chi connectivity index (χ2v) is 6.07. The van der Waals surface area contributed by atoms with Crippen LogP contribution in [0.25, 0.3) is 0 Å². The fraction of sp³-hybridized carbons (Fsp3) is 0.714. The van der Waals surface area contributed by atoms with E-state index in [1.54, 1.807) is 0 Å². The van der Waals surface area contributed by atoms with Gasteiger partial charge in [-0.1, -0.05) is 12.5 Å². The van der Waals surface area contributed by atoms with Gasteiger partial charge in [0.1, 0.15) is 0 Å². The Morgan fingerprint density at radius 1 is 1.28 bits per heavy atom. The maximum absolute atomic E-state index is 5.70. The summed E-state index contributed by atoms with van der Waals surface area (Å²) in [5, 5.41) is 2.16. The first kappa shape index (κ1) is 12.6. The smallest absolute Gasteiger partial charge is 0.173 e. The normalized spacial score (nSPS) is 26.8. The van der Waals surface area contributed by atoms with Crippen molar-refractivity contribution in [1.29, 1.82) is 0 Å². The van der Waals surface area contributed by atoms with Gasteiger partial charge < -0.3 is 9.47 Å². The fourth-order valence-corrected chi connectivity index (χ4v) is 3.61. The third-order valence-corrected chi connectivity index (χ3v) is 4.79. The van der Waals surface area contributed by atoms with E-state index in [1.165, 1.54) is 30.7 Å². The lowest BCUT2D eigenvalue weighted by Gasteiger charge is -2.37. The number of hydrogen-bond acceptors (Lipinski definition) is 4. The third-order valence-electron chi connectivity index (χ3n) is 3.85. The first-order valence-electron chi connectivity index (χ1n) is 6.93. The number of thiophene rings is 1. The highest BCUT2D eigenvalue weighted by molar-refractivity contribution is 7.09. The van der Waals surface area contributed by atoms with Crippen molar-refractivity contribution in [3.63, 3.8) is 0 Å². The molecule has 3 rings (SSSR count). The van der Waals surface area contributed by atoms with Gasteiger partial charge in [0.05, 0.1) is 19.3 Å². The Labute approximate surface area is 113 Å². The number of hydrogen-bond donors (Lipinski definition) is 0. The zero-order valence-corrected chi connectivity index (χ0v) is 11.5. The summed E-state index contributed by atoms with van der Waals surface area (Å²) in [4.78, 5) is 4.05. The Kier molecular flexibility index (Phi) is 4.31. The Balaban J connectivity index is 1.57. The lowest BCUT2D eigenvalue weighted by Crippen LogP contribution is -2.47. The molecule has 0 saturated carbocycles. The van der Waals surface area contributed by atoms with Gasteiger partial charge in [-0.3, -0.25) is 4.90 Å². The van der Waals surface area contributed by atoms with Crippen LogP contribution in [-0.2, 0) is 15.9 Å². The molecule has 1 aromatic heterocycles. The van der Waals surface area contributed by atoms with Crippen LogP contribution in [0, 0.1) is 0 Å². The van der Waals surface area contributed by atoms with E-state index in [1.807, 2.05) is 11.3 Å². The number of piperidine rings is 1. The van der Waals surface area contributed by atoms with Crippen LogP contribution in [0.5, 0.6) is 0 Å². The van der Waals surface area contributed by atoms with Gasteiger partial charge in [-0.2, -0.15) is 0 Å². The molecule has 2 saturated heterocycles. The van der Waals surface area contributed by atoms with Crippen molar-refractivity contribution in [2.45, 2.75) is 38.0 Å². The Morgan fingerprint density at radius 2 is 2.17 bits per heavy atom. The molecule has 0 aromatic carbocycles. The van der Waals surface area contributed by atoms with Crippen molar-refractivity contribution < 1.29 is 9.47 Å². The zero-order valence-electron chi connectivity index (χ0n) is 10.7. The summed E-state index contributed by atoms with van der Waals surface area (Å²) < 4.78 is 11.4.